The Morgan fingerprint density at radius 2 is 1.33 bits per heavy atom. The van der Waals surface area contributed by atoms with E-state index in [9.17, 15) is 0 Å². The molecular formula is C14H14Li2N2. The van der Waals surface area contributed by atoms with Crippen LogP contribution in [0.15, 0.2) is 48.5 Å². The van der Waals surface area contributed by atoms with Crippen molar-refractivity contribution in [3.8, 4) is 0 Å². The van der Waals surface area contributed by atoms with Gasteiger partial charge in [-0.1, -0.05) is 30.3 Å². The summed E-state index contributed by atoms with van der Waals surface area (Å²) in [4.78, 5) is 0. The standard InChI is InChI=1S/C14H12N2.2Li.2H/c15-13-6-5-11-7-9-3-1-2-4-10(9)8-12(11)14(13)16;;;;/h1-8H,15-16H2;;;;/q;2*+1;2*-1. The molecule has 0 aliphatic heterocycles. The van der Waals surface area contributed by atoms with Crippen LogP contribution < -0.4 is 49.2 Å². The number of anilines is 2. The maximum atomic E-state index is 5.98. The fraction of sp³-hybridized carbons (Fsp3) is 0. The summed E-state index contributed by atoms with van der Waals surface area (Å²) < 4.78 is 0. The van der Waals surface area contributed by atoms with Crippen molar-refractivity contribution in [2.24, 2.45) is 0 Å². The first-order valence-electron chi connectivity index (χ1n) is 5.22. The first-order chi connectivity index (χ1) is 7.75. The molecule has 0 aliphatic rings. The molecule has 0 radical (unpaired) electrons. The van der Waals surface area contributed by atoms with Gasteiger partial charge in [-0.3, -0.25) is 0 Å². The second-order valence-electron chi connectivity index (χ2n) is 3.99. The van der Waals surface area contributed by atoms with E-state index in [0.29, 0.717) is 11.4 Å². The van der Waals surface area contributed by atoms with E-state index < -0.39 is 0 Å². The molecule has 0 spiro atoms. The van der Waals surface area contributed by atoms with Gasteiger partial charge in [-0.05, 0) is 34.4 Å². The largest absolute Gasteiger partial charge is 1.00 e. The van der Waals surface area contributed by atoms with Crippen LogP contribution in [0.5, 0.6) is 0 Å². The monoisotopic (exact) mass is 224 g/mol. The summed E-state index contributed by atoms with van der Waals surface area (Å²) in [6.45, 7) is 0. The topological polar surface area (TPSA) is 52.0 Å². The van der Waals surface area contributed by atoms with Crippen LogP contribution in [0.4, 0.5) is 11.4 Å². The van der Waals surface area contributed by atoms with Gasteiger partial charge < -0.3 is 14.3 Å². The smallest absolute Gasteiger partial charge is 1.00 e. The van der Waals surface area contributed by atoms with Gasteiger partial charge in [0.05, 0.1) is 11.4 Å². The van der Waals surface area contributed by atoms with E-state index in [1.54, 1.807) is 0 Å². The molecule has 4 heteroatoms. The third kappa shape index (κ3) is 2.39. The molecule has 3 aromatic carbocycles. The van der Waals surface area contributed by atoms with Crippen LogP contribution in [0.2, 0.25) is 0 Å². The van der Waals surface area contributed by atoms with Crippen molar-refractivity contribution in [2.75, 3.05) is 11.5 Å². The Hall–Kier alpha value is -1.03. The summed E-state index contributed by atoms with van der Waals surface area (Å²) in [5.74, 6) is 0. The summed E-state index contributed by atoms with van der Waals surface area (Å²) in [6, 6.07) is 16.3. The number of hydrogen-bond donors (Lipinski definition) is 2. The molecule has 18 heavy (non-hydrogen) atoms. The van der Waals surface area contributed by atoms with Crippen molar-refractivity contribution in [2.45, 2.75) is 0 Å². The molecule has 0 amide bonds. The maximum absolute atomic E-state index is 5.98. The molecule has 0 aliphatic carbocycles. The van der Waals surface area contributed by atoms with E-state index in [1.165, 1.54) is 10.8 Å². The molecule has 0 saturated carbocycles. The zero-order valence-corrected chi connectivity index (χ0v) is 10.8. The Morgan fingerprint density at radius 1 is 0.722 bits per heavy atom. The predicted molar refractivity (Wildman–Crippen MR) is 72.5 cm³/mol. The van der Waals surface area contributed by atoms with Gasteiger partial charge in [0.25, 0.3) is 0 Å². The Kier molecular flexibility index (Phi) is 4.80. The fourth-order valence-corrected chi connectivity index (χ4v) is 2.05. The van der Waals surface area contributed by atoms with Gasteiger partial charge in [0.2, 0.25) is 0 Å². The third-order valence-corrected chi connectivity index (χ3v) is 2.96. The minimum Gasteiger partial charge on any atom is -1.00 e. The molecule has 0 atom stereocenters. The van der Waals surface area contributed by atoms with E-state index in [0.717, 1.165) is 10.8 Å². The van der Waals surface area contributed by atoms with Crippen molar-refractivity contribution < 1.29 is 40.6 Å². The molecule has 3 rings (SSSR count). The van der Waals surface area contributed by atoms with Gasteiger partial charge in [0.1, 0.15) is 0 Å². The van der Waals surface area contributed by atoms with E-state index in [-0.39, 0.29) is 40.6 Å². The number of nitrogens with two attached hydrogens (primary N) is 2. The summed E-state index contributed by atoms with van der Waals surface area (Å²) in [6.07, 6.45) is 0. The average Bonchev–Trinajstić information content (AvgIpc) is 2.32. The Bertz CT molecular complexity index is 705. The Balaban J connectivity index is 0. The molecular weight excluding hydrogens is 210 g/mol. The van der Waals surface area contributed by atoms with Crippen molar-refractivity contribution >= 4 is 32.9 Å². The van der Waals surface area contributed by atoms with E-state index >= 15 is 0 Å². The first-order valence-corrected chi connectivity index (χ1v) is 5.22. The van der Waals surface area contributed by atoms with Gasteiger partial charge in [-0.2, -0.15) is 0 Å². The number of hydrogen-bond acceptors (Lipinski definition) is 2. The minimum absolute atomic E-state index is 0. The van der Waals surface area contributed by atoms with Gasteiger partial charge in [0, 0.05) is 5.39 Å². The summed E-state index contributed by atoms with van der Waals surface area (Å²) in [7, 11) is 0. The second kappa shape index (κ2) is 5.74. The first kappa shape index (κ1) is 15.0. The van der Waals surface area contributed by atoms with Gasteiger partial charge >= 0.3 is 37.7 Å². The van der Waals surface area contributed by atoms with Crippen molar-refractivity contribution in [1.29, 1.82) is 0 Å². The van der Waals surface area contributed by atoms with Crippen molar-refractivity contribution in [3.05, 3.63) is 48.5 Å². The number of benzene rings is 3. The molecule has 0 saturated heterocycles. The molecule has 0 fully saturated rings. The van der Waals surface area contributed by atoms with Gasteiger partial charge in [0.15, 0.2) is 0 Å². The molecule has 0 bridgehead atoms. The predicted octanol–water partition coefficient (Wildman–Crippen LogP) is -2.61. The summed E-state index contributed by atoms with van der Waals surface area (Å²) >= 11 is 0. The molecule has 82 valence electrons. The Morgan fingerprint density at radius 3 is 2.00 bits per heavy atom. The van der Waals surface area contributed by atoms with Gasteiger partial charge in [-0.25, -0.2) is 0 Å². The number of nitrogen functional groups attached to an aromatic ring is 2. The molecule has 4 N–H and O–H groups in total. The van der Waals surface area contributed by atoms with E-state index in [1.807, 2.05) is 24.3 Å². The SMILES string of the molecule is Nc1ccc2cc3ccccc3cc2c1N.[H-].[H-].[Li+].[Li+]. The molecule has 0 heterocycles. The van der Waals surface area contributed by atoms with Crippen molar-refractivity contribution in [3.63, 3.8) is 0 Å². The zero-order valence-electron chi connectivity index (χ0n) is 12.8. The van der Waals surface area contributed by atoms with Gasteiger partial charge in [-0.15, -0.1) is 0 Å². The van der Waals surface area contributed by atoms with Crippen molar-refractivity contribution in [1.82, 2.24) is 0 Å². The fourth-order valence-electron chi connectivity index (χ4n) is 2.05. The van der Waals surface area contributed by atoms with Crippen LogP contribution in [-0.2, 0) is 0 Å². The number of fused-ring (bicyclic) bond motifs is 2. The van der Waals surface area contributed by atoms with Crippen LogP contribution in [0, 0.1) is 0 Å². The van der Waals surface area contributed by atoms with Crippen LogP contribution >= 0.6 is 0 Å². The third-order valence-electron chi connectivity index (χ3n) is 2.96. The van der Waals surface area contributed by atoms with Crippen LogP contribution in [0.1, 0.15) is 2.85 Å². The quantitative estimate of drug-likeness (QED) is 0.250. The van der Waals surface area contributed by atoms with Crippen LogP contribution in [0.25, 0.3) is 21.5 Å². The number of rotatable bonds is 0. The summed E-state index contributed by atoms with van der Waals surface area (Å²) in [5.41, 5.74) is 13.1. The second-order valence-corrected chi connectivity index (χ2v) is 3.99. The molecule has 0 unspecified atom stereocenters. The molecule has 0 aromatic heterocycles. The van der Waals surface area contributed by atoms with E-state index in [4.69, 9.17) is 11.5 Å². The zero-order chi connectivity index (χ0) is 11.1. The normalized spacial score (nSPS) is 9.78. The molecule has 2 nitrogen and oxygen atoms in total. The Labute approximate surface area is 133 Å². The maximum Gasteiger partial charge on any atom is 1.00 e. The summed E-state index contributed by atoms with van der Waals surface area (Å²) in [5, 5.41) is 4.57. The van der Waals surface area contributed by atoms with Crippen LogP contribution in [0.3, 0.4) is 0 Å². The average molecular weight is 224 g/mol. The minimum atomic E-state index is 0. The molecule has 3 aromatic rings. The van der Waals surface area contributed by atoms with Crippen LogP contribution in [-0.4, -0.2) is 0 Å². The van der Waals surface area contributed by atoms with E-state index in [2.05, 4.69) is 24.3 Å².